The third-order valence-corrected chi connectivity index (χ3v) is 6.54. The smallest absolute Gasteiger partial charge is 0.349 e. The molecule has 0 saturated carbocycles. The number of rotatable bonds is 13. The Labute approximate surface area is 221 Å². The van der Waals surface area contributed by atoms with Crippen molar-refractivity contribution in [1.82, 2.24) is 9.13 Å². The normalized spacial score (nSPS) is 11.6. The summed E-state index contributed by atoms with van der Waals surface area (Å²) >= 11 is 0. The van der Waals surface area contributed by atoms with Crippen LogP contribution in [-0.2, 0) is 35.5 Å². The van der Waals surface area contributed by atoms with Gasteiger partial charge in [-0.05, 0) is 81.2 Å². The van der Waals surface area contributed by atoms with Crippen LogP contribution >= 0.6 is 0 Å². The predicted molar refractivity (Wildman–Crippen MR) is 148 cm³/mol. The summed E-state index contributed by atoms with van der Waals surface area (Å²) in [5, 5.41) is 0. The molecule has 200 valence electrons. The van der Waals surface area contributed by atoms with E-state index in [1.165, 1.54) is 11.1 Å². The Morgan fingerprint density at radius 3 is 2.19 bits per heavy atom. The van der Waals surface area contributed by atoms with E-state index < -0.39 is 5.60 Å². The van der Waals surface area contributed by atoms with Gasteiger partial charge in [0.25, 0.3) is 0 Å². The van der Waals surface area contributed by atoms with Crippen LogP contribution in [0.25, 0.3) is 0 Å². The summed E-state index contributed by atoms with van der Waals surface area (Å²) in [6.45, 7) is 13.3. The van der Waals surface area contributed by atoms with Crippen LogP contribution in [0, 0.1) is 0 Å². The minimum atomic E-state index is -1.04. The first-order chi connectivity index (χ1) is 17.6. The lowest BCUT2D eigenvalue weighted by Gasteiger charge is -2.24. The maximum atomic E-state index is 13.1. The number of benzene rings is 2. The van der Waals surface area contributed by atoms with Gasteiger partial charge >= 0.3 is 11.7 Å². The summed E-state index contributed by atoms with van der Waals surface area (Å²) in [6, 6.07) is 16.4. The molecule has 1 heterocycles. The molecule has 0 fully saturated rings. The topological polar surface area (TPSA) is 62.5 Å². The average molecular weight is 507 g/mol. The Kier molecular flexibility index (Phi) is 9.79. The maximum absolute atomic E-state index is 13.1. The molecule has 0 amide bonds. The lowest BCUT2D eigenvalue weighted by Crippen LogP contribution is -2.39. The lowest BCUT2D eigenvalue weighted by molar-refractivity contribution is -0.158. The third kappa shape index (κ3) is 7.61. The zero-order valence-electron chi connectivity index (χ0n) is 23.3. The van der Waals surface area contributed by atoms with Crippen LogP contribution in [0.15, 0.2) is 59.5 Å². The minimum Gasteiger partial charge on any atom is -0.476 e. The fourth-order valence-corrected chi connectivity index (χ4v) is 4.40. The number of aryl methyl sites for hydroxylation is 2. The first-order valence-corrected chi connectivity index (χ1v) is 13.5. The second kappa shape index (κ2) is 12.8. The number of carbonyl (C=O) groups excluding carboxylic acids is 1. The Bertz CT molecular complexity index is 1200. The van der Waals surface area contributed by atoms with Crippen molar-refractivity contribution in [3.8, 4) is 5.75 Å². The molecule has 0 N–H and O–H groups in total. The SMILES string of the molecule is CCCn1c(CCCc2ccc(OC(C)(C)C(=O)OCC)cc2)cn(Cc2ccc(C(C)C)cc2)c1=O. The second-order valence-electron chi connectivity index (χ2n) is 10.4. The molecule has 0 aliphatic carbocycles. The molecule has 0 radical (unpaired) electrons. The molecule has 3 rings (SSSR count). The van der Waals surface area contributed by atoms with Crippen molar-refractivity contribution in [2.24, 2.45) is 0 Å². The molecule has 0 atom stereocenters. The van der Waals surface area contributed by atoms with E-state index in [1.54, 1.807) is 20.8 Å². The van der Waals surface area contributed by atoms with Gasteiger partial charge in [0.05, 0.1) is 13.2 Å². The van der Waals surface area contributed by atoms with Gasteiger partial charge in [0.1, 0.15) is 5.75 Å². The fraction of sp³-hybridized carbons (Fsp3) is 0.484. The zero-order chi connectivity index (χ0) is 27.0. The van der Waals surface area contributed by atoms with E-state index in [9.17, 15) is 9.59 Å². The van der Waals surface area contributed by atoms with Gasteiger partial charge in [-0.3, -0.25) is 9.13 Å². The number of carbonyl (C=O) groups is 1. The van der Waals surface area contributed by atoms with E-state index in [4.69, 9.17) is 9.47 Å². The first-order valence-electron chi connectivity index (χ1n) is 13.5. The number of ether oxygens (including phenoxy) is 2. The summed E-state index contributed by atoms with van der Waals surface area (Å²) in [5.74, 6) is 0.753. The third-order valence-electron chi connectivity index (χ3n) is 6.54. The van der Waals surface area contributed by atoms with Gasteiger partial charge in [-0.25, -0.2) is 9.59 Å². The van der Waals surface area contributed by atoms with Crippen LogP contribution < -0.4 is 10.4 Å². The van der Waals surface area contributed by atoms with Crippen molar-refractivity contribution >= 4 is 5.97 Å². The molecule has 3 aromatic rings. The average Bonchev–Trinajstić information content (AvgIpc) is 3.15. The monoisotopic (exact) mass is 506 g/mol. The highest BCUT2D eigenvalue weighted by atomic mass is 16.6. The number of aromatic nitrogens is 2. The van der Waals surface area contributed by atoms with Crippen LogP contribution in [0.3, 0.4) is 0 Å². The van der Waals surface area contributed by atoms with Gasteiger partial charge in [-0.15, -0.1) is 0 Å². The predicted octanol–water partition coefficient (Wildman–Crippen LogP) is 6.13. The van der Waals surface area contributed by atoms with Gasteiger partial charge in [0.15, 0.2) is 5.60 Å². The highest BCUT2D eigenvalue weighted by Gasteiger charge is 2.31. The quantitative estimate of drug-likeness (QED) is 0.262. The van der Waals surface area contributed by atoms with Crippen molar-refractivity contribution in [2.75, 3.05) is 6.61 Å². The van der Waals surface area contributed by atoms with Gasteiger partial charge in [-0.2, -0.15) is 0 Å². The van der Waals surface area contributed by atoms with Crippen LogP contribution in [0.1, 0.15) is 82.7 Å². The number of hydrogen-bond donors (Lipinski definition) is 0. The summed E-state index contributed by atoms with van der Waals surface area (Å²) in [7, 11) is 0. The van der Waals surface area contributed by atoms with E-state index >= 15 is 0 Å². The lowest BCUT2D eigenvalue weighted by atomic mass is 10.0. The summed E-state index contributed by atoms with van der Waals surface area (Å²) < 4.78 is 14.7. The molecule has 0 aliphatic heterocycles. The highest BCUT2D eigenvalue weighted by Crippen LogP contribution is 2.21. The van der Waals surface area contributed by atoms with Crippen LogP contribution in [0.2, 0.25) is 0 Å². The number of imidazole rings is 1. The maximum Gasteiger partial charge on any atom is 0.349 e. The molecule has 6 nitrogen and oxygen atoms in total. The number of nitrogens with zero attached hydrogens (tertiary/aromatic N) is 2. The Morgan fingerprint density at radius 2 is 1.59 bits per heavy atom. The molecule has 0 saturated heterocycles. The van der Waals surface area contributed by atoms with E-state index in [0.717, 1.165) is 43.5 Å². The van der Waals surface area contributed by atoms with Gasteiger partial charge < -0.3 is 9.47 Å². The Balaban J connectivity index is 1.62. The molecular formula is C31H42N2O4. The molecule has 2 aromatic carbocycles. The largest absolute Gasteiger partial charge is 0.476 e. The van der Waals surface area contributed by atoms with Crippen molar-refractivity contribution in [3.63, 3.8) is 0 Å². The van der Waals surface area contributed by atoms with Crippen molar-refractivity contribution in [3.05, 3.63) is 87.6 Å². The molecule has 1 aromatic heterocycles. The summed E-state index contributed by atoms with van der Waals surface area (Å²) in [5.41, 5.74) is 3.75. The summed E-state index contributed by atoms with van der Waals surface area (Å²) in [6.07, 6.45) is 5.61. The Hall–Kier alpha value is -3.28. The highest BCUT2D eigenvalue weighted by molar-refractivity contribution is 5.79. The van der Waals surface area contributed by atoms with Crippen molar-refractivity contribution < 1.29 is 14.3 Å². The number of hydrogen-bond acceptors (Lipinski definition) is 4. The van der Waals surface area contributed by atoms with Crippen molar-refractivity contribution in [2.45, 2.75) is 91.8 Å². The van der Waals surface area contributed by atoms with E-state index in [1.807, 2.05) is 39.6 Å². The molecule has 6 heteroatoms. The second-order valence-corrected chi connectivity index (χ2v) is 10.4. The zero-order valence-corrected chi connectivity index (χ0v) is 23.3. The molecule has 0 bridgehead atoms. The van der Waals surface area contributed by atoms with Crippen LogP contribution in [-0.4, -0.2) is 27.3 Å². The molecule has 0 unspecified atom stereocenters. The molecule has 0 spiro atoms. The Morgan fingerprint density at radius 1 is 0.946 bits per heavy atom. The van der Waals surface area contributed by atoms with Crippen LogP contribution in [0.5, 0.6) is 5.75 Å². The molecular weight excluding hydrogens is 464 g/mol. The molecule has 0 aliphatic rings. The van der Waals surface area contributed by atoms with Gasteiger partial charge in [0, 0.05) is 18.4 Å². The van der Waals surface area contributed by atoms with Crippen molar-refractivity contribution in [1.29, 1.82) is 0 Å². The van der Waals surface area contributed by atoms with Crippen LogP contribution in [0.4, 0.5) is 0 Å². The summed E-state index contributed by atoms with van der Waals surface area (Å²) in [4.78, 5) is 25.2. The standard InChI is InChI=1S/C31H42N2O4/c1-7-20-33-27(22-32(30(33)35)21-25-12-16-26(17-13-25)23(3)4)11-9-10-24-14-18-28(19-15-24)37-31(5,6)29(34)36-8-2/h12-19,22-23H,7-11,20-21H2,1-6H3. The first kappa shape index (κ1) is 28.3. The fourth-order valence-electron chi connectivity index (χ4n) is 4.40. The van der Waals surface area contributed by atoms with Gasteiger partial charge in [0.2, 0.25) is 0 Å². The van der Waals surface area contributed by atoms with Gasteiger partial charge in [-0.1, -0.05) is 57.2 Å². The van der Waals surface area contributed by atoms with E-state index in [0.29, 0.717) is 24.8 Å². The van der Waals surface area contributed by atoms with E-state index in [-0.39, 0.29) is 11.7 Å². The molecule has 37 heavy (non-hydrogen) atoms. The number of esters is 1. The minimum absolute atomic E-state index is 0.0653. The van der Waals surface area contributed by atoms with E-state index in [2.05, 4.69) is 45.0 Å².